The topological polar surface area (TPSA) is 70.5 Å². The van der Waals surface area contributed by atoms with E-state index >= 15 is 0 Å². The van der Waals surface area contributed by atoms with Crippen LogP contribution in [-0.2, 0) is 0 Å². The number of likely N-dealkylation sites (tertiary alicyclic amines) is 1. The summed E-state index contributed by atoms with van der Waals surface area (Å²) in [5.41, 5.74) is 1.65. The molecule has 4 rings (SSSR count). The zero-order chi connectivity index (χ0) is 16.7. The molecule has 4 heterocycles. The van der Waals surface area contributed by atoms with Gasteiger partial charge in [0.1, 0.15) is 0 Å². The first-order valence-corrected chi connectivity index (χ1v) is 8.94. The highest BCUT2D eigenvalue weighted by molar-refractivity contribution is 7.12. The summed E-state index contributed by atoms with van der Waals surface area (Å²) in [6.07, 6.45) is 6.11. The Bertz CT molecular complexity index is 955. The molecule has 6 nitrogen and oxygen atoms in total. The molecule has 1 amide bonds. The molecule has 0 spiro atoms. The number of amides is 1. The van der Waals surface area contributed by atoms with Crippen LogP contribution in [0, 0.1) is 6.92 Å². The molecule has 1 saturated heterocycles. The quantitative estimate of drug-likeness (QED) is 0.778. The Labute approximate surface area is 142 Å². The van der Waals surface area contributed by atoms with Crippen LogP contribution in [-0.4, -0.2) is 31.7 Å². The van der Waals surface area contributed by atoms with Crippen LogP contribution < -0.4 is 5.56 Å². The van der Waals surface area contributed by atoms with Gasteiger partial charge in [-0.05, 0) is 43.2 Å². The summed E-state index contributed by atoms with van der Waals surface area (Å²) in [5.74, 6) is 0.569. The molecule has 1 N–H and O–H groups in total. The summed E-state index contributed by atoms with van der Waals surface area (Å²) in [6.45, 7) is 2.67. The highest BCUT2D eigenvalue weighted by Gasteiger charge is 2.31. The monoisotopic (exact) mass is 342 g/mol. The van der Waals surface area contributed by atoms with E-state index in [0.717, 1.165) is 35.4 Å². The van der Waals surface area contributed by atoms with Gasteiger partial charge in [0, 0.05) is 30.7 Å². The Morgan fingerprint density at radius 1 is 1.42 bits per heavy atom. The van der Waals surface area contributed by atoms with Crippen LogP contribution in [0.1, 0.15) is 46.2 Å². The van der Waals surface area contributed by atoms with Crippen molar-refractivity contribution in [2.45, 2.75) is 32.2 Å². The number of carbonyl (C=O) groups excluding carboxylic acids is 1. The molecule has 3 aromatic rings. The minimum atomic E-state index is -0.124. The number of fused-ring (bicyclic) bond motifs is 1. The zero-order valence-electron chi connectivity index (χ0n) is 13.4. The van der Waals surface area contributed by atoms with Crippen molar-refractivity contribution in [3.8, 4) is 0 Å². The van der Waals surface area contributed by atoms with Crippen LogP contribution in [0.4, 0.5) is 0 Å². The van der Waals surface area contributed by atoms with Crippen molar-refractivity contribution >= 4 is 23.0 Å². The maximum Gasteiger partial charge on any atom is 0.264 e. The van der Waals surface area contributed by atoms with Crippen LogP contribution in [0.15, 0.2) is 34.7 Å². The van der Waals surface area contributed by atoms with Gasteiger partial charge in [0.05, 0.1) is 10.9 Å². The Morgan fingerprint density at radius 3 is 3.08 bits per heavy atom. The summed E-state index contributed by atoms with van der Waals surface area (Å²) >= 11 is 1.48. The van der Waals surface area contributed by atoms with Gasteiger partial charge in [0.2, 0.25) is 5.78 Å². The fourth-order valence-corrected chi connectivity index (χ4v) is 4.22. The summed E-state index contributed by atoms with van der Waals surface area (Å²) in [7, 11) is 0. The van der Waals surface area contributed by atoms with E-state index in [4.69, 9.17) is 0 Å². The highest BCUT2D eigenvalue weighted by atomic mass is 32.1. The number of thiophene rings is 1. The van der Waals surface area contributed by atoms with Gasteiger partial charge in [-0.3, -0.25) is 14.0 Å². The summed E-state index contributed by atoms with van der Waals surface area (Å²) in [5, 5.41) is 1.94. The molecular weight excluding hydrogens is 324 g/mol. The molecule has 1 fully saturated rings. The Kier molecular flexibility index (Phi) is 3.72. The smallest absolute Gasteiger partial charge is 0.264 e. The third kappa shape index (κ3) is 2.45. The number of aromatic nitrogens is 3. The van der Waals surface area contributed by atoms with E-state index in [1.807, 2.05) is 23.3 Å². The van der Waals surface area contributed by atoms with Gasteiger partial charge in [0.25, 0.3) is 11.5 Å². The number of aryl methyl sites for hydroxylation is 1. The molecule has 0 radical (unpaired) electrons. The van der Waals surface area contributed by atoms with Gasteiger partial charge < -0.3 is 9.88 Å². The van der Waals surface area contributed by atoms with Crippen LogP contribution in [0.3, 0.4) is 0 Å². The SMILES string of the molecule is Cc1ccsc1C(=O)N1CCCC[C@@H]1c1cc(=O)n2ccnc2[nH]1. The van der Waals surface area contributed by atoms with Crippen molar-refractivity contribution in [1.82, 2.24) is 19.3 Å². The van der Waals surface area contributed by atoms with E-state index < -0.39 is 0 Å². The second-order valence-electron chi connectivity index (χ2n) is 6.13. The molecular formula is C17H18N4O2S. The number of hydrogen-bond acceptors (Lipinski definition) is 4. The standard InChI is InChI=1S/C17H18N4O2S/c1-11-5-9-24-15(11)16(23)20-7-3-2-4-13(20)12-10-14(22)21-8-6-18-17(21)19-12/h5-6,8-10,13H,2-4,7H2,1H3,(H,18,19)/t13-/m1/s1. The van der Waals surface area contributed by atoms with Crippen LogP contribution in [0.5, 0.6) is 0 Å². The predicted octanol–water partition coefficient (Wildman–Crippen LogP) is 2.76. The molecule has 7 heteroatoms. The predicted molar refractivity (Wildman–Crippen MR) is 92.5 cm³/mol. The number of carbonyl (C=O) groups is 1. The van der Waals surface area contributed by atoms with Crippen molar-refractivity contribution in [3.05, 3.63) is 56.4 Å². The summed E-state index contributed by atoms with van der Waals surface area (Å²) in [4.78, 5) is 35.3. The van der Waals surface area contributed by atoms with E-state index in [1.54, 1.807) is 18.5 Å². The third-order valence-electron chi connectivity index (χ3n) is 4.59. The minimum Gasteiger partial charge on any atom is -0.329 e. The number of aromatic amines is 1. The molecule has 0 saturated carbocycles. The zero-order valence-corrected chi connectivity index (χ0v) is 14.2. The lowest BCUT2D eigenvalue weighted by Crippen LogP contribution is -2.39. The maximum atomic E-state index is 13.0. The van der Waals surface area contributed by atoms with Gasteiger partial charge >= 0.3 is 0 Å². The fraction of sp³-hybridized carbons (Fsp3) is 0.353. The molecule has 0 unspecified atom stereocenters. The molecule has 124 valence electrons. The third-order valence-corrected chi connectivity index (χ3v) is 5.60. The molecule has 0 aliphatic carbocycles. The van der Waals surface area contributed by atoms with E-state index in [-0.39, 0.29) is 17.5 Å². The molecule has 1 atom stereocenters. The van der Waals surface area contributed by atoms with Gasteiger partial charge in [-0.2, -0.15) is 0 Å². The normalized spacial score (nSPS) is 18.2. The molecule has 24 heavy (non-hydrogen) atoms. The number of nitrogens with one attached hydrogen (secondary N) is 1. The highest BCUT2D eigenvalue weighted by Crippen LogP contribution is 2.32. The average Bonchev–Trinajstić information content (AvgIpc) is 3.23. The largest absolute Gasteiger partial charge is 0.329 e. The number of rotatable bonds is 2. The lowest BCUT2D eigenvalue weighted by atomic mass is 9.98. The average molecular weight is 342 g/mol. The molecule has 0 aromatic carbocycles. The summed E-state index contributed by atoms with van der Waals surface area (Å²) in [6, 6.07) is 3.45. The van der Waals surface area contributed by atoms with Gasteiger partial charge in [-0.15, -0.1) is 11.3 Å². The second-order valence-corrected chi connectivity index (χ2v) is 7.04. The first kappa shape index (κ1) is 15.1. The maximum absolute atomic E-state index is 13.0. The Balaban J connectivity index is 1.74. The van der Waals surface area contributed by atoms with Crippen LogP contribution >= 0.6 is 11.3 Å². The first-order chi connectivity index (χ1) is 11.6. The molecule has 1 aliphatic rings. The summed E-state index contributed by atoms with van der Waals surface area (Å²) < 4.78 is 1.47. The Hall–Kier alpha value is -2.41. The lowest BCUT2D eigenvalue weighted by Gasteiger charge is -2.35. The van der Waals surface area contributed by atoms with Gasteiger partial charge in [-0.25, -0.2) is 4.98 Å². The number of nitrogens with zero attached hydrogens (tertiary/aromatic N) is 3. The van der Waals surface area contributed by atoms with Crippen LogP contribution in [0.25, 0.3) is 5.78 Å². The number of imidazole rings is 1. The number of H-pyrrole nitrogens is 1. The van der Waals surface area contributed by atoms with E-state index in [9.17, 15) is 9.59 Å². The van der Waals surface area contributed by atoms with Crippen molar-refractivity contribution in [2.75, 3.05) is 6.54 Å². The van der Waals surface area contributed by atoms with E-state index in [1.165, 1.54) is 15.7 Å². The molecule has 0 bridgehead atoms. The Morgan fingerprint density at radius 2 is 2.29 bits per heavy atom. The van der Waals surface area contributed by atoms with Crippen molar-refractivity contribution in [3.63, 3.8) is 0 Å². The van der Waals surface area contributed by atoms with Crippen molar-refractivity contribution in [2.24, 2.45) is 0 Å². The lowest BCUT2D eigenvalue weighted by molar-refractivity contribution is 0.0610. The van der Waals surface area contributed by atoms with Crippen molar-refractivity contribution < 1.29 is 4.79 Å². The van der Waals surface area contributed by atoms with Gasteiger partial charge in [-0.1, -0.05) is 0 Å². The first-order valence-electron chi connectivity index (χ1n) is 8.06. The number of hydrogen-bond donors (Lipinski definition) is 1. The molecule has 1 aliphatic heterocycles. The second kappa shape index (κ2) is 5.90. The fourth-order valence-electron chi connectivity index (χ4n) is 3.34. The van der Waals surface area contributed by atoms with Crippen molar-refractivity contribution in [1.29, 1.82) is 0 Å². The van der Waals surface area contributed by atoms with Gasteiger partial charge in [0.15, 0.2) is 0 Å². The van der Waals surface area contributed by atoms with E-state index in [2.05, 4.69) is 9.97 Å². The minimum absolute atomic E-state index is 0.0521. The number of piperidine rings is 1. The van der Waals surface area contributed by atoms with E-state index in [0.29, 0.717) is 12.3 Å². The molecule has 3 aromatic heterocycles. The van der Waals surface area contributed by atoms with Crippen LogP contribution in [0.2, 0.25) is 0 Å².